The minimum atomic E-state index is -1.35. The molecule has 0 bridgehead atoms. The third-order valence-electron chi connectivity index (χ3n) is 3.60. The van der Waals surface area contributed by atoms with Crippen molar-refractivity contribution in [1.29, 1.82) is 5.26 Å². The molecule has 0 amide bonds. The van der Waals surface area contributed by atoms with Gasteiger partial charge in [-0.05, 0) is 26.0 Å². The Kier molecular flexibility index (Phi) is 2.55. The van der Waals surface area contributed by atoms with E-state index in [0.717, 1.165) is 11.2 Å². The number of aryl methyl sites for hydroxylation is 1. The number of ether oxygens (including phenoxy) is 1. The van der Waals surface area contributed by atoms with E-state index < -0.39 is 11.7 Å². The minimum Gasteiger partial charge on any atom is -0.388 e. The molecule has 0 radical (unpaired) electrons. The summed E-state index contributed by atoms with van der Waals surface area (Å²) < 4.78 is 7.33. The highest BCUT2D eigenvalue weighted by Gasteiger charge is 2.50. The molecule has 1 aliphatic rings. The van der Waals surface area contributed by atoms with Crippen molar-refractivity contribution >= 4 is 5.52 Å². The highest BCUT2D eigenvalue weighted by atomic mass is 16.5. The van der Waals surface area contributed by atoms with Gasteiger partial charge >= 0.3 is 0 Å². The van der Waals surface area contributed by atoms with Crippen molar-refractivity contribution in [3.8, 4) is 6.07 Å². The van der Waals surface area contributed by atoms with Gasteiger partial charge in [0.1, 0.15) is 18.5 Å². The van der Waals surface area contributed by atoms with Crippen molar-refractivity contribution < 1.29 is 9.84 Å². The van der Waals surface area contributed by atoms with Crippen LogP contribution < -0.4 is 0 Å². The first-order valence-electron chi connectivity index (χ1n) is 6.15. The monoisotopic (exact) mass is 258 g/mol. The molecule has 3 rings (SSSR count). The quantitative estimate of drug-likeness (QED) is 0.822. The van der Waals surface area contributed by atoms with Crippen LogP contribution in [0.4, 0.5) is 0 Å². The Labute approximate surface area is 110 Å². The number of hydrogen-bond donors (Lipinski definition) is 1. The van der Waals surface area contributed by atoms with Crippen LogP contribution in [-0.2, 0) is 10.3 Å². The Hall–Kier alpha value is -1.97. The average molecular weight is 258 g/mol. The van der Waals surface area contributed by atoms with Crippen molar-refractivity contribution in [2.45, 2.75) is 38.1 Å². The maximum absolute atomic E-state index is 10.2. The molecule has 0 aliphatic carbocycles. The normalized spacial score (nSPS) is 30.6. The summed E-state index contributed by atoms with van der Waals surface area (Å²) in [4.78, 5) is 4.11. The van der Waals surface area contributed by atoms with Gasteiger partial charge in [0, 0.05) is 6.42 Å². The van der Waals surface area contributed by atoms with Crippen LogP contribution in [0, 0.1) is 18.3 Å². The lowest BCUT2D eigenvalue weighted by atomic mass is 9.94. The van der Waals surface area contributed by atoms with Gasteiger partial charge < -0.3 is 9.84 Å². The van der Waals surface area contributed by atoms with Gasteiger partial charge in [0.05, 0.1) is 23.0 Å². The molecule has 0 spiro atoms. The molecule has 2 aromatic rings. The Morgan fingerprint density at radius 2 is 2.37 bits per heavy atom. The maximum Gasteiger partial charge on any atom is 0.222 e. The first-order valence-corrected chi connectivity index (χ1v) is 6.15. The van der Waals surface area contributed by atoms with Gasteiger partial charge in [-0.1, -0.05) is 0 Å². The van der Waals surface area contributed by atoms with Crippen LogP contribution in [0.2, 0.25) is 0 Å². The van der Waals surface area contributed by atoms with Gasteiger partial charge in [0.25, 0.3) is 0 Å². The molecule has 2 aromatic heterocycles. The summed E-state index contributed by atoms with van der Waals surface area (Å²) in [6.45, 7) is 3.72. The predicted molar refractivity (Wildman–Crippen MR) is 66.2 cm³/mol. The zero-order chi connectivity index (χ0) is 13.6. The number of aromatic nitrogens is 3. The molecule has 6 nitrogen and oxygen atoms in total. The van der Waals surface area contributed by atoms with Gasteiger partial charge in [-0.3, -0.25) is 0 Å². The molecular weight excluding hydrogens is 244 g/mol. The van der Waals surface area contributed by atoms with E-state index in [4.69, 9.17) is 4.74 Å². The SMILES string of the molecule is Cc1ncnn2c([C@]3(C#N)O[C@H](C)C[C@H]3O)ccc12. The second-order valence-corrected chi connectivity index (χ2v) is 4.89. The number of nitrogens with zero attached hydrogens (tertiary/aromatic N) is 4. The largest absolute Gasteiger partial charge is 0.388 e. The fraction of sp³-hybridized carbons (Fsp3) is 0.462. The Morgan fingerprint density at radius 1 is 1.58 bits per heavy atom. The topological polar surface area (TPSA) is 83.4 Å². The lowest BCUT2D eigenvalue weighted by Gasteiger charge is -2.23. The van der Waals surface area contributed by atoms with Crippen LogP contribution in [0.3, 0.4) is 0 Å². The summed E-state index contributed by atoms with van der Waals surface area (Å²) in [6, 6.07) is 5.72. The number of hydrogen-bond acceptors (Lipinski definition) is 5. The van der Waals surface area contributed by atoms with Crippen molar-refractivity contribution in [3.05, 3.63) is 29.8 Å². The molecular formula is C13H14N4O2. The van der Waals surface area contributed by atoms with Crippen LogP contribution in [0.15, 0.2) is 18.5 Å². The van der Waals surface area contributed by atoms with Gasteiger partial charge in [0.2, 0.25) is 5.60 Å². The van der Waals surface area contributed by atoms with Gasteiger partial charge in [0.15, 0.2) is 0 Å². The zero-order valence-electron chi connectivity index (χ0n) is 10.7. The van der Waals surface area contributed by atoms with Crippen LogP contribution >= 0.6 is 0 Å². The summed E-state index contributed by atoms with van der Waals surface area (Å²) in [7, 11) is 0. The van der Waals surface area contributed by atoms with E-state index in [2.05, 4.69) is 16.2 Å². The number of fused-ring (bicyclic) bond motifs is 1. The predicted octanol–water partition coefficient (Wildman–Crippen LogP) is 0.926. The van der Waals surface area contributed by atoms with Crippen molar-refractivity contribution in [3.63, 3.8) is 0 Å². The fourth-order valence-electron chi connectivity index (χ4n) is 2.65. The van der Waals surface area contributed by atoms with Crippen molar-refractivity contribution in [2.75, 3.05) is 0 Å². The second kappa shape index (κ2) is 4.02. The molecule has 1 fully saturated rings. The third kappa shape index (κ3) is 1.56. The van der Waals surface area contributed by atoms with E-state index >= 15 is 0 Å². The van der Waals surface area contributed by atoms with E-state index in [1.807, 2.05) is 19.9 Å². The summed E-state index contributed by atoms with van der Waals surface area (Å²) >= 11 is 0. The summed E-state index contributed by atoms with van der Waals surface area (Å²) in [5, 5.41) is 23.9. The van der Waals surface area contributed by atoms with Gasteiger partial charge in [-0.2, -0.15) is 10.4 Å². The van der Waals surface area contributed by atoms with Crippen molar-refractivity contribution in [2.24, 2.45) is 0 Å². The van der Waals surface area contributed by atoms with E-state index in [0.29, 0.717) is 12.1 Å². The lowest BCUT2D eigenvalue weighted by Crippen LogP contribution is -2.36. The Morgan fingerprint density at radius 3 is 3.00 bits per heavy atom. The van der Waals surface area contributed by atoms with E-state index in [1.54, 1.807) is 10.6 Å². The number of aliphatic hydroxyl groups is 1. The van der Waals surface area contributed by atoms with Crippen LogP contribution in [0.5, 0.6) is 0 Å². The van der Waals surface area contributed by atoms with Gasteiger partial charge in [-0.15, -0.1) is 0 Å². The molecule has 1 N–H and O–H groups in total. The minimum absolute atomic E-state index is 0.164. The van der Waals surface area contributed by atoms with Crippen LogP contribution in [-0.4, -0.2) is 31.9 Å². The molecule has 3 atom stereocenters. The lowest BCUT2D eigenvalue weighted by molar-refractivity contribution is -0.0454. The Balaban J connectivity index is 2.24. The number of aliphatic hydroxyl groups excluding tert-OH is 1. The molecule has 1 saturated heterocycles. The smallest absolute Gasteiger partial charge is 0.222 e. The molecule has 98 valence electrons. The standard InChI is InChI=1S/C13H14N4O2/c1-8-5-12(18)13(6-14,19-8)11-4-3-10-9(2)15-7-16-17(10)11/h3-4,7-8,12,18H,5H2,1-2H3/t8-,12-,13+/m1/s1. The first kappa shape index (κ1) is 12.1. The Bertz CT molecular complexity index is 675. The number of rotatable bonds is 1. The number of nitriles is 1. The highest BCUT2D eigenvalue weighted by Crippen LogP contribution is 2.39. The van der Waals surface area contributed by atoms with Crippen LogP contribution in [0.1, 0.15) is 24.7 Å². The summed E-state index contributed by atoms with van der Waals surface area (Å²) in [5.74, 6) is 0. The fourth-order valence-corrected chi connectivity index (χ4v) is 2.65. The first-order chi connectivity index (χ1) is 9.08. The molecule has 0 unspecified atom stereocenters. The molecule has 3 heterocycles. The van der Waals surface area contributed by atoms with Crippen LogP contribution in [0.25, 0.3) is 5.52 Å². The van der Waals surface area contributed by atoms with E-state index in [9.17, 15) is 10.4 Å². The second-order valence-electron chi connectivity index (χ2n) is 4.89. The molecule has 0 saturated carbocycles. The molecule has 6 heteroatoms. The summed E-state index contributed by atoms with van der Waals surface area (Å²) in [5.41, 5.74) is 0.816. The van der Waals surface area contributed by atoms with E-state index in [-0.39, 0.29) is 6.10 Å². The molecule has 0 aromatic carbocycles. The molecule has 1 aliphatic heterocycles. The van der Waals surface area contributed by atoms with Gasteiger partial charge in [-0.25, -0.2) is 9.50 Å². The summed E-state index contributed by atoms with van der Waals surface area (Å²) in [6.07, 6.45) is 0.844. The van der Waals surface area contributed by atoms with E-state index in [1.165, 1.54) is 6.33 Å². The zero-order valence-corrected chi connectivity index (χ0v) is 10.7. The van der Waals surface area contributed by atoms with Crippen molar-refractivity contribution in [1.82, 2.24) is 14.6 Å². The highest BCUT2D eigenvalue weighted by molar-refractivity contribution is 5.54. The average Bonchev–Trinajstić information content (AvgIpc) is 2.92. The maximum atomic E-state index is 10.2. The molecule has 19 heavy (non-hydrogen) atoms. The third-order valence-corrected chi connectivity index (χ3v) is 3.60.